The zero-order valence-corrected chi connectivity index (χ0v) is 10.6. The molecule has 3 nitrogen and oxygen atoms in total. The van der Waals surface area contributed by atoms with Gasteiger partial charge in [0.1, 0.15) is 0 Å². The first-order valence-corrected chi connectivity index (χ1v) is 5.90. The molecule has 0 saturated carbocycles. The molecule has 0 unspecified atom stereocenters. The van der Waals surface area contributed by atoms with Crippen LogP contribution in [-0.4, -0.2) is 19.1 Å². The Hall–Kier alpha value is -0.970. The predicted molar refractivity (Wildman–Crippen MR) is 73.9 cm³/mol. The van der Waals surface area contributed by atoms with Crippen LogP contribution in [0.5, 0.6) is 0 Å². The maximum atomic E-state index is 4.50. The molecule has 0 spiro atoms. The van der Waals surface area contributed by atoms with Gasteiger partial charge in [-0.15, -0.1) is 0 Å². The number of nitrogens with two attached hydrogens (primary N) is 1. The van der Waals surface area contributed by atoms with Crippen LogP contribution < -0.4 is 11.1 Å². The Morgan fingerprint density at radius 2 is 2.12 bits per heavy atom. The summed E-state index contributed by atoms with van der Waals surface area (Å²) in [5.74, 6) is 0.792. The van der Waals surface area contributed by atoms with Gasteiger partial charge >= 0.3 is 0 Å². The molecule has 0 saturated heterocycles. The van der Waals surface area contributed by atoms with E-state index in [1.165, 1.54) is 29.1 Å². The zero-order valence-electron chi connectivity index (χ0n) is 9.75. The van der Waals surface area contributed by atoms with Gasteiger partial charge in [0.25, 0.3) is 0 Å². The lowest BCUT2D eigenvalue weighted by Crippen LogP contribution is -2.03. The Labute approximate surface area is 102 Å². The summed E-state index contributed by atoms with van der Waals surface area (Å²) in [6.07, 6.45) is 2.06. The number of H-pyrrole nitrogens is 1. The van der Waals surface area contributed by atoms with Gasteiger partial charge in [-0.1, -0.05) is 6.07 Å². The van der Waals surface area contributed by atoms with Gasteiger partial charge in [-0.2, -0.15) is 12.6 Å². The lowest BCUT2D eigenvalue weighted by Gasteiger charge is -1.99. The number of rotatable bonds is 3. The van der Waals surface area contributed by atoms with E-state index in [-0.39, 0.29) is 0 Å². The fourth-order valence-corrected chi connectivity index (χ4v) is 1.86. The van der Waals surface area contributed by atoms with E-state index in [0.717, 1.165) is 12.3 Å². The summed E-state index contributed by atoms with van der Waals surface area (Å²) in [5, 5.41) is 4.46. The van der Waals surface area contributed by atoms with E-state index in [2.05, 4.69) is 53.1 Å². The molecule has 0 amide bonds. The summed E-state index contributed by atoms with van der Waals surface area (Å²) < 4.78 is 0. The number of hydrogen-bond donors (Lipinski definition) is 4. The van der Waals surface area contributed by atoms with E-state index >= 15 is 0 Å². The Bertz CT molecular complexity index is 437. The fourth-order valence-electron chi connectivity index (χ4n) is 1.66. The second kappa shape index (κ2) is 6.58. The Morgan fingerprint density at radius 1 is 1.38 bits per heavy atom. The molecular formula is C12H19N3S. The van der Waals surface area contributed by atoms with Crippen LogP contribution in [0, 0.1) is 0 Å². The molecule has 0 bridgehead atoms. The summed E-state index contributed by atoms with van der Waals surface area (Å²) in [7, 11) is 3.46. The smallest absolute Gasteiger partial charge is 0.0457 e. The normalized spacial score (nSPS) is 10.0. The quantitative estimate of drug-likeness (QED) is 0.616. The molecule has 0 aliphatic carbocycles. The van der Waals surface area contributed by atoms with E-state index in [9.17, 15) is 0 Å². The van der Waals surface area contributed by atoms with Gasteiger partial charge < -0.3 is 16.0 Å². The summed E-state index contributed by atoms with van der Waals surface area (Å²) >= 11 is 4.28. The third-order valence-electron chi connectivity index (χ3n) is 2.38. The molecule has 0 aliphatic heterocycles. The molecule has 4 N–H and O–H groups in total. The Morgan fingerprint density at radius 3 is 2.75 bits per heavy atom. The van der Waals surface area contributed by atoms with E-state index in [1.807, 2.05) is 7.05 Å². The minimum atomic E-state index is 0.792. The average Bonchev–Trinajstić information content (AvgIpc) is 2.75. The van der Waals surface area contributed by atoms with Crippen LogP contribution in [0.3, 0.4) is 0 Å². The van der Waals surface area contributed by atoms with Crippen LogP contribution in [0.25, 0.3) is 10.9 Å². The maximum Gasteiger partial charge on any atom is 0.0457 e. The van der Waals surface area contributed by atoms with Crippen LogP contribution in [0.2, 0.25) is 0 Å². The van der Waals surface area contributed by atoms with Gasteiger partial charge in [0.2, 0.25) is 0 Å². The van der Waals surface area contributed by atoms with Crippen molar-refractivity contribution in [3.05, 3.63) is 35.5 Å². The Kier molecular flexibility index (Phi) is 5.38. The zero-order chi connectivity index (χ0) is 12.0. The van der Waals surface area contributed by atoms with Crippen molar-refractivity contribution in [2.75, 3.05) is 14.1 Å². The van der Waals surface area contributed by atoms with Crippen molar-refractivity contribution in [2.45, 2.75) is 12.3 Å². The van der Waals surface area contributed by atoms with Crippen molar-refractivity contribution in [1.82, 2.24) is 10.3 Å². The summed E-state index contributed by atoms with van der Waals surface area (Å²) in [6.45, 7) is 0.899. The third kappa shape index (κ3) is 2.78. The van der Waals surface area contributed by atoms with Gasteiger partial charge in [0, 0.05) is 29.4 Å². The van der Waals surface area contributed by atoms with Crippen LogP contribution in [0.4, 0.5) is 0 Å². The maximum absolute atomic E-state index is 4.50. The highest BCUT2D eigenvalue weighted by atomic mass is 32.1. The number of aromatic amines is 1. The van der Waals surface area contributed by atoms with Crippen LogP contribution in [-0.2, 0) is 12.3 Å². The monoisotopic (exact) mass is 237 g/mol. The molecule has 2 rings (SSSR count). The Balaban J connectivity index is 0.000000606. The van der Waals surface area contributed by atoms with E-state index in [0.29, 0.717) is 0 Å². The van der Waals surface area contributed by atoms with E-state index < -0.39 is 0 Å². The molecule has 1 aromatic heterocycles. The molecule has 88 valence electrons. The largest absolute Gasteiger partial charge is 0.361 e. The van der Waals surface area contributed by atoms with E-state index in [1.54, 1.807) is 0 Å². The van der Waals surface area contributed by atoms with Crippen molar-refractivity contribution in [1.29, 1.82) is 0 Å². The van der Waals surface area contributed by atoms with Gasteiger partial charge in [-0.25, -0.2) is 0 Å². The molecule has 2 aromatic rings. The minimum absolute atomic E-state index is 0.792. The molecule has 0 fully saturated rings. The van der Waals surface area contributed by atoms with E-state index in [4.69, 9.17) is 0 Å². The van der Waals surface area contributed by atoms with Crippen molar-refractivity contribution in [3.63, 3.8) is 0 Å². The first kappa shape index (κ1) is 13.1. The highest BCUT2D eigenvalue weighted by Gasteiger charge is 2.02. The molecule has 16 heavy (non-hydrogen) atoms. The van der Waals surface area contributed by atoms with Gasteiger partial charge in [0.05, 0.1) is 0 Å². The van der Waals surface area contributed by atoms with Crippen LogP contribution in [0.15, 0.2) is 24.4 Å². The predicted octanol–water partition coefficient (Wildman–Crippen LogP) is 1.89. The molecule has 0 aliphatic rings. The first-order chi connectivity index (χ1) is 7.85. The van der Waals surface area contributed by atoms with Crippen molar-refractivity contribution >= 4 is 23.5 Å². The summed E-state index contributed by atoms with van der Waals surface area (Å²) in [4.78, 5) is 3.26. The van der Waals surface area contributed by atoms with Gasteiger partial charge in [-0.3, -0.25) is 0 Å². The highest BCUT2D eigenvalue weighted by Crippen LogP contribution is 2.20. The SMILES string of the molecule is CN.CNCc1c[nH]c2ccc(CS)cc12. The van der Waals surface area contributed by atoms with Gasteiger partial charge in [0.15, 0.2) is 0 Å². The topological polar surface area (TPSA) is 53.8 Å². The number of nitrogens with one attached hydrogen (secondary N) is 2. The van der Waals surface area contributed by atoms with Crippen molar-refractivity contribution < 1.29 is 0 Å². The van der Waals surface area contributed by atoms with Gasteiger partial charge in [-0.05, 0) is 37.4 Å². The number of thiol groups is 1. The third-order valence-corrected chi connectivity index (χ3v) is 2.75. The molecule has 1 heterocycles. The summed E-state index contributed by atoms with van der Waals surface area (Å²) in [6, 6.07) is 6.42. The van der Waals surface area contributed by atoms with Crippen molar-refractivity contribution in [2.24, 2.45) is 5.73 Å². The minimum Gasteiger partial charge on any atom is -0.361 e. The average molecular weight is 237 g/mol. The number of hydrogen-bond acceptors (Lipinski definition) is 3. The highest BCUT2D eigenvalue weighted by molar-refractivity contribution is 7.79. The molecule has 1 aromatic carbocycles. The second-order valence-corrected chi connectivity index (χ2v) is 3.70. The first-order valence-electron chi connectivity index (χ1n) is 5.27. The number of aromatic nitrogens is 1. The van der Waals surface area contributed by atoms with Crippen LogP contribution >= 0.6 is 12.6 Å². The molecular weight excluding hydrogens is 218 g/mol. The molecule has 0 radical (unpaired) electrons. The second-order valence-electron chi connectivity index (χ2n) is 3.38. The molecule has 4 heteroatoms. The lowest BCUT2D eigenvalue weighted by molar-refractivity contribution is 0.823. The van der Waals surface area contributed by atoms with Crippen molar-refractivity contribution in [3.8, 4) is 0 Å². The number of benzene rings is 1. The van der Waals surface area contributed by atoms with Crippen LogP contribution in [0.1, 0.15) is 11.1 Å². The summed E-state index contributed by atoms with van der Waals surface area (Å²) in [5.41, 5.74) is 8.27. The fraction of sp³-hybridized carbons (Fsp3) is 0.333. The standard InChI is InChI=1S/C11H14N2S.CH5N/c1-12-5-9-6-13-11-3-2-8(7-14)4-10(9)11;1-2/h2-4,6,12-14H,5,7H2,1H3;2H2,1H3. The lowest BCUT2D eigenvalue weighted by atomic mass is 10.1. The molecule has 0 atom stereocenters. The number of fused-ring (bicyclic) bond motifs is 1.